The quantitative estimate of drug-likeness (QED) is 0.459. The van der Waals surface area contributed by atoms with Crippen LogP contribution in [0.25, 0.3) is 0 Å². The summed E-state index contributed by atoms with van der Waals surface area (Å²) in [6, 6.07) is -7.87. The van der Waals surface area contributed by atoms with E-state index in [4.69, 9.17) is 0 Å². The number of morpholine rings is 1. The minimum Gasteiger partial charge on any atom is -0.366 e. The maximum Gasteiger partial charge on any atom is 0.334 e. The van der Waals surface area contributed by atoms with Crippen LogP contribution in [0.5, 0.6) is 0 Å². The van der Waals surface area contributed by atoms with Gasteiger partial charge in [-0.25, -0.2) is 4.39 Å². The summed E-state index contributed by atoms with van der Waals surface area (Å²) in [7, 11) is 0. The van der Waals surface area contributed by atoms with Gasteiger partial charge >= 0.3 is 12.1 Å². The average Bonchev–Trinajstić information content (AvgIpc) is 1.83. The number of nitrogens with zero attached hydrogens (tertiary/aromatic N) is 1. The van der Waals surface area contributed by atoms with Gasteiger partial charge in [0.25, 0.3) is 0 Å². The third-order valence-electron chi connectivity index (χ3n) is 1.46. The fraction of sp³-hybridized carbons (Fsp3) is 1.00. The summed E-state index contributed by atoms with van der Waals surface area (Å²) >= 11 is 0. The zero-order valence-corrected chi connectivity index (χ0v) is 5.87. The first-order valence-corrected chi connectivity index (χ1v) is 3.07. The van der Waals surface area contributed by atoms with Crippen LogP contribution in [-0.4, -0.2) is 37.0 Å². The molecule has 0 aromatic carbocycles. The summed E-state index contributed by atoms with van der Waals surface area (Å²) in [6.07, 6.45) is 0. The first kappa shape index (κ1) is 9.66. The summed E-state index contributed by atoms with van der Waals surface area (Å²) < 4.78 is 65.5. The molecular formula is C5H6F5NO. The van der Waals surface area contributed by atoms with Gasteiger partial charge in [0, 0.05) is 0 Å². The van der Waals surface area contributed by atoms with Gasteiger partial charge in [-0.3, -0.25) is 0 Å². The Hall–Kier alpha value is -0.430. The molecule has 0 aromatic rings. The monoisotopic (exact) mass is 191 g/mol. The number of halogens is 5. The Bertz CT molecular complexity index is 157. The second kappa shape index (κ2) is 2.81. The van der Waals surface area contributed by atoms with E-state index in [1.165, 1.54) is 0 Å². The van der Waals surface area contributed by atoms with Crippen molar-refractivity contribution in [1.29, 1.82) is 0 Å². The lowest BCUT2D eigenvalue weighted by Gasteiger charge is -2.38. The zero-order valence-electron chi connectivity index (χ0n) is 5.87. The molecule has 1 aliphatic heterocycles. The largest absolute Gasteiger partial charge is 0.366 e. The Labute approximate surface area is 64.9 Å². The SMILES string of the molecule is FCN1C(F)(F)COCC1(F)F. The zero-order chi connectivity index (χ0) is 9.41. The Morgan fingerprint density at radius 2 is 1.50 bits per heavy atom. The van der Waals surface area contributed by atoms with Crippen LogP contribution < -0.4 is 0 Å². The highest BCUT2D eigenvalue weighted by Crippen LogP contribution is 2.35. The molecule has 0 radical (unpaired) electrons. The smallest absolute Gasteiger partial charge is 0.334 e. The van der Waals surface area contributed by atoms with Gasteiger partial charge in [-0.15, -0.1) is 0 Å². The normalized spacial score (nSPS) is 28.8. The minimum absolute atomic E-state index is 0.816. The topological polar surface area (TPSA) is 12.5 Å². The maximum absolute atomic E-state index is 12.4. The molecule has 1 aliphatic rings. The van der Waals surface area contributed by atoms with Gasteiger partial charge in [0.2, 0.25) is 0 Å². The van der Waals surface area contributed by atoms with E-state index in [-0.39, 0.29) is 0 Å². The van der Waals surface area contributed by atoms with Crippen LogP contribution in [0.15, 0.2) is 0 Å². The lowest BCUT2D eigenvalue weighted by molar-refractivity contribution is -0.349. The van der Waals surface area contributed by atoms with Gasteiger partial charge in [0.15, 0.2) is 6.80 Å². The molecule has 1 rings (SSSR count). The molecule has 1 fully saturated rings. The van der Waals surface area contributed by atoms with Crippen molar-refractivity contribution < 1.29 is 26.7 Å². The van der Waals surface area contributed by atoms with Crippen molar-refractivity contribution in [3.8, 4) is 0 Å². The highest BCUT2D eigenvalue weighted by atomic mass is 19.3. The summed E-state index contributed by atoms with van der Waals surface area (Å²) in [5, 5.41) is 0. The van der Waals surface area contributed by atoms with E-state index < -0.39 is 37.0 Å². The van der Waals surface area contributed by atoms with Crippen LogP contribution in [0, 0.1) is 0 Å². The summed E-state index contributed by atoms with van der Waals surface area (Å²) in [5.41, 5.74) is 0. The lowest BCUT2D eigenvalue weighted by Crippen LogP contribution is -2.60. The van der Waals surface area contributed by atoms with Crippen molar-refractivity contribution in [3.05, 3.63) is 0 Å². The molecular weight excluding hydrogens is 185 g/mol. The van der Waals surface area contributed by atoms with E-state index >= 15 is 0 Å². The van der Waals surface area contributed by atoms with Gasteiger partial charge in [0.1, 0.15) is 13.2 Å². The average molecular weight is 191 g/mol. The standard InChI is InChI=1S/C5H6F5NO/c6-3-11-4(7,8)1-12-2-5(11,9)10/h1-3H2. The Morgan fingerprint density at radius 1 is 1.08 bits per heavy atom. The van der Waals surface area contributed by atoms with Crippen molar-refractivity contribution in [2.45, 2.75) is 12.1 Å². The Balaban J connectivity index is 2.81. The van der Waals surface area contributed by atoms with Crippen molar-refractivity contribution in [2.75, 3.05) is 20.0 Å². The van der Waals surface area contributed by atoms with E-state index in [1.807, 2.05) is 0 Å². The van der Waals surface area contributed by atoms with Gasteiger partial charge in [-0.05, 0) is 0 Å². The molecule has 0 N–H and O–H groups in total. The predicted octanol–water partition coefficient (Wildman–Crippen LogP) is 1.43. The number of hydrogen-bond donors (Lipinski definition) is 0. The first-order chi connectivity index (χ1) is 5.40. The molecule has 0 spiro atoms. The molecule has 0 aromatic heterocycles. The van der Waals surface area contributed by atoms with Crippen LogP contribution >= 0.6 is 0 Å². The maximum atomic E-state index is 12.4. The number of hydrogen-bond acceptors (Lipinski definition) is 2. The van der Waals surface area contributed by atoms with Crippen LogP contribution in [0.3, 0.4) is 0 Å². The van der Waals surface area contributed by atoms with E-state index in [1.54, 1.807) is 0 Å². The summed E-state index contributed by atoms with van der Waals surface area (Å²) in [5.74, 6) is 0. The number of rotatable bonds is 1. The van der Waals surface area contributed by atoms with Gasteiger partial charge in [0.05, 0.1) is 0 Å². The lowest BCUT2D eigenvalue weighted by atomic mass is 10.4. The summed E-state index contributed by atoms with van der Waals surface area (Å²) in [4.78, 5) is -0.816. The van der Waals surface area contributed by atoms with Crippen molar-refractivity contribution in [3.63, 3.8) is 0 Å². The highest BCUT2D eigenvalue weighted by molar-refractivity contribution is 4.79. The molecule has 12 heavy (non-hydrogen) atoms. The predicted molar refractivity (Wildman–Crippen MR) is 28.5 cm³/mol. The van der Waals surface area contributed by atoms with E-state index in [2.05, 4.69) is 4.74 Å². The van der Waals surface area contributed by atoms with Crippen molar-refractivity contribution in [2.24, 2.45) is 0 Å². The third kappa shape index (κ3) is 1.51. The fourth-order valence-corrected chi connectivity index (χ4v) is 0.867. The molecule has 1 heterocycles. The molecule has 0 aliphatic carbocycles. The molecule has 0 amide bonds. The number of alkyl halides is 5. The third-order valence-corrected chi connectivity index (χ3v) is 1.46. The molecule has 2 nitrogen and oxygen atoms in total. The highest BCUT2D eigenvalue weighted by Gasteiger charge is 2.55. The van der Waals surface area contributed by atoms with Crippen molar-refractivity contribution in [1.82, 2.24) is 4.90 Å². The second-order valence-corrected chi connectivity index (χ2v) is 2.37. The Kier molecular flexibility index (Phi) is 2.26. The molecule has 7 heteroatoms. The summed E-state index contributed by atoms with van der Waals surface area (Å²) in [6.45, 7) is -4.30. The van der Waals surface area contributed by atoms with Gasteiger partial charge in [-0.2, -0.15) is 22.5 Å². The van der Waals surface area contributed by atoms with E-state index in [0.717, 1.165) is 0 Å². The molecule has 0 bridgehead atoms. The van der Waals surface area contributed by atoms with Crippen LogP contribution in [0.1, 0.15) is 0 Å². The van der Waals surface area contributed by atoms with E-state index in [9.17, 15) is 22.0 Å². The van der Waals surface area contributed by atoms with E-state index in [0.29, 0.717) is 0 Å². The van der Waals surface area contributed by atoms with Crippen LogP contribution in [0.2, 0.25) is 0 Å². The minimum atomic E-state index is -3.93. The molecule has 0 saturated carbocycles. The fourth-order valence-electron chi connectivity index (χ4n) is 0.867. The Morgan fingerprint density at radius 3 is 1.75 bits per heavy atom. The van der Waals surface area contributed by atoms with Crippen molar-refractivity contribution >= 4 is 0 Å². The number of ether oxygens (including phenoxy) is 1. The molecule has 0 unspecified atom stereocenters. The van der Waals surface area contributed by atoms with Crippen LogP contribution in [0.4, 0.5) is 22.0 Å². The van der Waals surface area contributed by atoms with Gasteiger partial charge in [-0.1, -0.05) is 0 Å². The van der Waals surface area contributed by atoms with Gasteiger partial charge < -0.3 is 4.74 Å². The first-order valence-electron chi connectivity index (χ1n) is 3.07. The molecule has 1 saturated heterocycles. The molecule has 0 atom stereocenters. The van der Waals surface area contributed by atoms with Crippen LogP contribution in [-0.2, 0) is 4.74 Å². The second-order valence-electron chi connectivity index (χ2n) is 2.37. The molecule has 72 valence electrons.